The second-order valence-electron chi connectivity index (χ2n) is 11.8. The summed E-state index contributed by atoms with van der Waals surface area (Å²) >= 11 is 7.88. The van der Waals surface area contributed by atoms with Gasteiger partial charge in [0.25, 0.3) is 0 Å². The zero-order chi connectivity index (χ0) is 31.2. The number of halogens is 4. The third-order valence-corrected chi connectivity index (χ3v) is 7.46. The van der Waals surface area contributed by atoms with Gasteiger partial charge in [0.15, 0.2) is 0 Å². The molecule has 4 aromatic rings. The van der Waals surface area contributed by atoms with Gasteiger partial charge in [-0.25, -0.2) is 12.2 Å². The molecule has 234 valence electrons. The molecule has 2 aliphatic rings. The van der Waals surface area contributed by atoms with Crippen LogP contribution in [0.3, 0.4) is 0 Å². The monoisotopic (exact) mass is 828 g/mol. The number of hydrogen-bond donors (Lipinski definition) is 0. The molecule has 6 rings (SSSR count). The Hall–Kier alpha value is -1.35. The van der Waals surface area contributed by atoms with Crippen molar-refractivity contribution in [3.63, 3.8) is 0 Å². The first kappa shape index (κ1) is 42.7. The molecule has 0 radical (unpaired) electrons. The molecule has 0 aromatic heterocycles. The van der Waals surface area contributed by atoms with E-state index in [0.717, 1.165) is 21.8 Å². The summed E-state index contributed by atoms with van der Waals surface area (Å²) in [5, 5.41) is 0. The fourth-order valence-electron chi connectivity index (χ4n) is 4.10. The number of allylic oxidation sites excluding steroid dienone is 4. The van der Waals surface area contributed by atoms with Gasteiger partial charge in [-0.3, -0.25) is 6.08 Å². The number of benzene rings is 4. The molecule has 0 spiro atoms. The van der Waals surface area contributed by atoms with E-state index in [1.165, 1.54) is 57.6 Å². The third-order valence-electron chi connectivity index (χ3n) is 6.40. The molecule has 0 N–H and O–H groups in total. The quantitative estimate of drug-likeness (QED) is 0.136. The molecule has 0 unspecified atom stereocenters. The van der Waals surface area contributed by atoms with E-state index in [4.69, 9.17) is 0 Å². The van der Waals surface area contributed by atoms with Crippen molar-refractivity contribution >= 4 is 60.9 Å². The van der Waals surface area contributed by atoms with Crippen molar-refractivity contribution < 1.29 is 24.2 Å². The Balaban J connectivity index is 0.000000658. The molecule has 0 atom stereocenters. The standard InChI is InChI=1S/C21H25.2C6H4Br.C5H5.CH2.2ClH.Zr/c1-20(2,3)16-7-9-18-14(12-16)11-15-13-17(21(4,5)6)8-10-19(15)18;2*7-6-4-2-1-3-5-6;1-2-4-5-3-1;;;;/h7-10,12H,11H2,1-6H3;2*2-5H;1-3H,4H2;1H2;2*1H;/q4*-1;;;;. The van der Waals surface area contributed by atoms with E-state index in [-0.39, 0.29) is 35.6 Å². The van der Waals surface area contributed by atoms with Gasteiger partial charge in [-0.2, -0.15) is 90.5 Å². The number of rotatable bonds is 0. The van der Waals surface area contributed by atoms with Crippen LogP contribution in [0.2, 0.25) is 0 Å². The molecule has 0 nitrogen and oxygen atoms in total. The Morgan fingerprint density at radius 3 is 1.59 bits per heavy atom. The van der Waals surface area contributed by atoms with Crippen LogP contribution in [0, 0.1) is 24.3 Å². The van der Waals surface area contributed by atoms with E-state index >= 15 is 0 Å². The summed E-state index contributed by atoms with van der Waals surface area (Å²) in [7, 11) is 0. The van der Waals surface area contributed by atoms with Gasteiger partial charge >= 0.3 is 28.4 Å². The van der Waals surface area contributed by atoms with Crippen molar-refractivity contribution in [1.29, 1.82) is 0 Å². The van der Waals surface area contributed by atoms with Gasteiger partial charge in [-0.05, 0) is 28.4 Å². The summed E-state index contributed by atoms with van der Waals surface area (Å²) in [5.41, 5.74) is 8.70. The fraction of sp³-hybridized carbons (Fsp3) is 0.256. The normalized spacial score (nSPS) is 11.5. The van der Waals surface area contributed by atoms with E-state index in [1.807, 2.05) is 60.7 Å². The van der Waals surface area contributed by atoms with Crippen molar-refractivity contribution in [2.45, 2.75) is 65.2 Å². The Labute approximate surface area is 311 Å². The topological polar surface area (TPSA) is 0 Å². The Bertz CT molecular complexity index is 1330. The molecule has 0 fully saturated rings. The van der Waals surface area contributed by atoms with E-state index < -0.39 is 0 Å². The van der Waals surface area contributed by atoms with Crippen LogP contribution in [0.1, 0.15) is 70.2 Å². The van der Waals surface area contributed by atoms with Gasteiger partial charge in [0.2, 0.25) is 0 Å². The summed E-state index contributed by atoms with van der Waals surface area (Å²) in [6.45, 7) is 13.6. The SMILES string of the molecule is Brc1cc[c-]cc1.Brc1cc[c-]cc1.CC(C)(C)c1[c-]c2c(cc1)-c1ccc(C(C)(C)C)cc1C2.Cl.Cl.[C-]1=CC=CC1.[CH2]=[Zr]. The summed E-state index contributed by atoms with van der Waals surface area (Å²) in [4.78, 5) is 0. The summed E-state index contributed by atoms with van der Waals surface area (Å²) < 4.78 is 5.55. The summed E-state index contributed by atoms with van der Waals surface area (Å²) in [5.74, 6) is 0. The van der Waals surface area contributed by atoms with Crippen LogP contribution in [0.4, 0.5) is 0 Å². The first-order valence-electron chi connectivity index (χ1n) is 13.9. The molecule has 44 heavy (non-hydrogen) atoms. The van der Waals surface area contributed by atoms with Gasteiger partial charge in [-0.1, -0.05) is 106 Å². The Morgan fingerprint density at radius 2 is 1.23 bits per heavy atom. The molecule has 0 amide bonds. The van der Waals surface area contributed by atoms with Crippen LogP contribution < -0.4 is 0 Å². The average Bonchev–Trinajstić information content (AvgIpc) is 3.66. The number of fused-ring (bicyclic) bond motifs is 3. The second kappa shape index (κ2) is 21.4. The van der Waals surface area contributed by atoms with Crippen molar-refractivity contribution in [2.24, 2.45) is 0 Å². The zero-order valence-electron chi connectivity index (χ0n) is 26.4. The van der Waals surface area contributed by atoms with Crippen molar-refractivity contribution in [1.82, 2.24) is 0 Å². The molecule has 0 heterocycles. The van der Waals surface area contributed by atoms with E-state index in [0.29, 0.717) is 0 Å². The van der Waals surface area contributed by atoms with Crippen molar-refractivity contribution in [2.75, 3.05) is 0 Å². The van der Waals surface area contributed by atoms with Crippen LogP contribution in [-0.4, -0.2) is 4.21 Å². The van der Waals surface area contributed by atoms with Crippen LogP contribution in [0.15, 0.2) is 106 Å². The molecular weight excluding hydrogens is 790 g/mol. The van der Waals surface area contributed by atoms with E-state index in [1.54, 1.807) is 0 Å². The van der Waals surface area contributed by atoms with E-state index in [9.17, 15) is 0 Å². The van der Waals surface area contributed by atoms with Gasteiger partial charge in [0.05, 0.1) is 0 Å². The van der Waals surface area contributed by atoms with Gasteiger partial charge in [0.1, 0.15) is 0 Å². The predicted molar refractivity (Wildman–Crippen MR) is 200 cm³/mol. The maximum absolute atomic E-state index is 3.67. The zero-order valence-corrected chi connectivity index (χ0v) is 33.7. The first-order chi connectivity index (χ1) is 19.9. The maximum atomic E-state index is 3.67. The summed E-state index contributed by atoms with van der Waals surface area (Å²) in [6, 6.07) is 36.2. The first-order valence-corrected chi connectivity index (χ1v) is 17.3. The van der Waals surface area contributed by atoms with Crippen molar-refractivity contribution in [3.05, 3.63) is 153 Å². The van der Waals surface area contributed by atoms with Gasteiger partial charge < -0.3 is 0 Å². The fourth-order valence-corrected chi connectivity index (χ4v) is 4.63. The van der Waals surface area contributed by atoms with Gasteiger partial charge in [0, 0.05) is 0 Å². The van der Waals surface area contributed by atoms with E-state index in [2.05, 4.69) is 138 Å². The number of hydrogen-bond acceptors (Lipinski definition) is 0. The third kappa shape index (κ3) is 14.8. The molecule has 0 saturated carbocycles. The van der Waals surface area contributed by atoms with Crippen LogP contribution >= 0.6 is 56.7 Å². The molecular formula is C39H42Br2Cl2Zr-4. The molecule has 0 saturated heterocycles. The second-order valence-corrected chi connectivity index (χ2v) is 13.6. The Kier molecular flexibility index (Phi) is 20.8. The summed E-state index contributed by atoms with van der Waals surface area (Å²) in [6.07, 6.45) is 11.0. The minimum absolute atomic E-state index is 0. The van der Waals surface area contributed by atoms with Gasteiger partial charge in [-0.15, -0.1) is 42.4 Å². The molecule has 0 aliphatic heterocycles. The average molecular weight is 833 g/mol. The van der Waals surface area contributed by atoms with Crippen LogP contribution in [-0.2, 0) is 41.5 Å². The van der Waals surface area contributed by atoms with Crippen LogP contribution in [0.5, 0.6) is 0 Å². The van der Waals surface area contributed by atoms with Crippen molar-refractivity contribution in [3.8, 4) is 11.1 Å². The predicted octanol–water partition coefficient (Wildman–Crippen LogP) is 12.3. The molecule has 4 aromatic carbocycles. The molecule has 2 aliphatic carbocycles. The molecule has 5 heteroatoms. The van der Waals surface area contributed by atoms with Crippen LogP contribution in [0.25, 0.3) is 11.1 Å². The molecule has 0 bridgehead atoms. The minimum atomic E-state index is 0. The Morgan fingerprint density at radius 1 is 0.705 bits per heavy atom.